The number of aryl methyl sites for hydroxylation is 1. The van der Waals surface area contributed by atoms with E-state index in [-0.39, 0.29) is 17.3 Å². The third kappa shape index (κ3) is 5.25. The Morgan fingerprint density at radius 1 is 1.07 bits per heavy atom. The van der Waals surface area contributed by atoms with Gasteiger partial charge in [-0.25, -0.2) is 18.7 Å². The highest BCUT2D eigenvalue weighted by Crippen LogP contribution is 2.21. The Hall–Kier alpha value is -3.55. The summed E-state index contributed by atoms with van der Waals surface area (Å²) < 4.78 is 32.8. The fraction of sp³-hybridized carbons (Fsp3) is 0.190. The number of ether oxygens (including phenoxy) is 1. The number of aromatic nitrogens is 2. The number of nitrogens with one attached hydrogen (secondary N) is 2. The SMILES string of the molecule is COc1ccc(CCNC(=O)c2cc(C)nc(Nc3c(F)cccc3F)n2)cc1. The second-order valence-corrected chi connectivity index (χ2v) is 6.29. The molecule has 0 saturated heterocycles. The number of halogens is 2. The smallest absolute Gasteiger partial charge is 0.270 e. The van der Waals surface area contributed by atoms with Gasteiger partial charge in [0.25, 0.3) is 5.91 Å². The minimum Gasteiger partial charge on any atom is -0.497 e. The highest BCUT2D eigenvalue weighted by Gasteiger charge is 2.14. The van der Waals surface area contributed by atoms with E-state index in [2.05, 4.69) is 20.6 Å². The van der Waals surface area contributed by atoms with E-state index in [1.165, 1.54) is 12.1 Å². The van der Waals surface area contributed by atoms with E-state index in [0.29, 0.717) is 18.7 Å². The third-order valence-electron chi connectivity index (χ3n) is 4.14. The summed E-state index contributed by atoms with van der Waals surface area (Å²) in [4.78, 5) is 20.6. The maximum absolute atomic E-state index is 13.8. The quantitative estimate of drug-likeness (QED) is 0.633. The largest absolute Gasteiger partial charge is 0.497 e. The molecule has 0 saturated carbocycles. The summed E-state index contributed by atoms with van der Waals surface area (Å²) >= 11 is 0. The number of para-hydroxylation sites is 1. The van der Waals surface area contributed by atoms with Gasteiger partial charge in [-0.05, 0) is 49.2 Å². The molecule has 29 heavy (non-hydrogen) atoms. The number of methoxy groups -OCH3 is 1. The van der Waals surface area contributed by atoms with E-state index < -0.39 is 17.5 Å². The van der Waals surface area contributed by atoms with Crippen LogP contribution in [0.25, 0.3) is 0 Å². The van der Waals surface area contributed by atoms with Crippen LogP contribution in [-0.2, 0) is 6.42 Å². The lowest BCUT2D eigenvalue weighted by molar-refractivity contribution is 0.0949. The predicted octanol–water partition coefficient (Wildman–Crippen LogP) is 3.79. The number of anilines is 2. The molecule has 150 valence electrons. The predicted molar refractivity (Wildman–Crippen MR) is 105 cm³/mol. The van der Waals surface area contributed by atoms with Gasteiger partial charge in [-0.3, -0.25) is 4.79 Å². The van der Waals surface area contributed by atoms with Gasteiger partial charge in [0.1, 0.15) is 28.8 Å². The average Bonchev–Trinajstić information content (AvgIpc) is 2.71. The zero-order chi connectivity index (χ0) is 20.8. The van der Waals surface area contributed by atoms with Crippen LogP contribution < -0.4 is 15.4 Å². The van der Waals surface area contributed by atoms with Crippen LogP contribution in [0.2, 0.25) is 0 Å². The van der Waals surface area contributed by atoms with Gasteiger partial charge in [0.2, 0.25) is 5.95 Å². The van der Waals surface area contributed by atoms with Crippen molar-refractivity contribution in [1.82, 2.24) is 15.3 Å². The maximum atomic E-state index is 13.8. The fourth-order valence-corrected chi connectivity index (χ4v) is 2.67. The molecule has 3 rings (SSSR count). The molecule has 2 N–H and O–H groups in total. The summed E-state index contributed by atoms with van der Waals surface area (Å²) in [6, 6.07) is 12.5. The first kappa shape index (κ1) is 20.2. The molecule has 1 amide bonds. The normalized spacial score (nSPS) is 10.5. The molecule has 1 heterocycles. The van der Waals surface area contributed by atoms with E-state index in [1.807, 2.05) is 24.3 Å². The van der Waals surface area contributed by atoms with Crippen molar-refractivity contribution in [2.45, 2.75) is 13.3 Å². The zero-order valence-electron chi connectivity index (χ0n) is 16.0. The summed E-state index contributed by atoms with van der Waals surface area (Å²) in [5.41, 5.74) is 1.26. The Morgan fingerprint density at radius 2 is 1.76 bits per heavy atom. The van der Waals surface area contributed by atoms with Gasteiger partial charge in [-0.1, -0.05) is 18.2 Å². The molecule has 0 aliphatic rings. The number of nitrogens with zero attached hydrogens (tertiary/aromatic N) is 2. The molecule has 0 aliphatic heterocycles. The fourth-order valence-electron chi connectivity index (χ4n) is 2.67. The van der Waals surface area contributed by atoms with E-state index in [4.69, 9.17) is 4.74 Å². The summed E-state index contributed by atoms with van der Waals surface area (Å²) in [5, 5.41) is 5.29. The van der Waals surface area contributed by atoms with Crippen molar-refractivity contribution in [3.8, 4) is 5.75 Å². The molecular formula is C21H20F2N4O2. The number of amides is 1. The second kappa shape index (κ2) is 9.09. The van der Waals surface area contributed by atoms with E-state index >= 15 is 0 Å². The molecule has 0 atom stereocenters. The first-order chi connectivity index (χ1) is 14.0. The van der Waals surface area contributed by atoms with Crippen LogP contribution in [0.1, 0.15) is 21.7 Å². The van der Waals surface area contributed by atoms with Crippen molar-refractivity contribution < 1.29 is 18.3 Å². The lowest BCUT2D eigenvalue weighted by Gasteiger charge is -2.10. The lowest BCUT2D eigenvalue weighted by atomic mass is 10.1. The molecule has 0 unspecified atom stereocenters. The summed E-state index contributed by atoms with van der Waals surface area (Å²) in [6.45, 7) is 2.07. The highest BCUT2D eigenvalue weighted by atomic mass is 19.1. The molecule has 0 radical (unpaired) electrons. The molecule has 0 bridgehead atoms. The van der Waals surface area contributed by atoms with Crippen LogP contribution in [0.3, 0.4) is 0 Å². The Morgan fingerprint density at radius 3 is 2.41 bits per heavy atom. The van der Waals surface area contributed by atoms with Crippen LogP contribution in [0.4, 0.5) is 20.4 Å². The minimum absolute atomic E-state index is 0.0608. The topological polar surface area (TPSA) is 76.1 Å². The number of benzene rings is 2. The Balaban J connectivity index is 1.66. The van der Waals surface area contributed by atoms with Crippen molar-refractivity contribution in [1.29, 1.82) is 0 Å². The number of carbonyl (C=O) groups is 1. The Kier molecular flexibility index (Phi) is 6.33. The number of hydrogen-bond donors (Lipinski definition) is 2. The van der Waals surface area contributed by atoms with Gasteiger partial charge >= 0.3 is 0 Å². The van der Waals surface area contributed by atoms with E-state index in [9.17, 15) is 13.6 Å². The zero-order valence-corrected chi connectivity index (χ0v) is 16.0. The standard InChI is InChI=1S/C21H20F2N4O2/c1-13-12-18(20(28)24-11-10-14-6-8-15(29-2)9-7-14)26-21(25-13)27-19-16(22)4-3-5-17(19)23/h3-9,12H,10-11H2,1-2H3,(H,24,28)(H,25,26,27). The summed E-state index contributed by atoms with van der Waals surface area (Å²) in [5.74, 6) is -1.25. The molecule has 0 aliphatic carbocycles. The molecule has 0 spiro atoms. The second-order valence-electron chi connectivity index (χ2n) is 6.29. The van der Waals surface area contributed by atoms with Gasteiger partial charge in [0.05, 0.1) is 7.11 Å². The minimum atomic E-state index is -0.777. The molecule has 0 fully saturated rings. The molecule has 6 nitrogen and oxygen atoms in total. The van der Waals surface area contributed by atoms with Crippen LogP contribution in [-0.4, -0.2) is 29.5 Å². The van der Waals surface area contributed by atoms with Crippen molar-refractivity contribution in [3.05, 3.63) is 77.1 Å². The third-order valence-corrected chi connectivity index (χ3v) is 4.14. The molecule has 2 aromatic carbocycles. The Labute approximate surface area is 167 Å². The van der Waals surface area contributed by atoms with Crippen LogP contribution >= 0.6 is 0 Å². The first-order valence-corrected chi connectivity index (χ1v) is 8.94. The number of hydrogen-bond acceptors (Lipinski definition) is 5. The van der Waals surface area contributed by atoms with E-state index in [0.717, 1.165) is 23.4 Å². The van der Waals surface area contributed by atoms with Crippen LogP contribution in [0.15, 0.2) is 48.5 Å². The van der Waals surface area contributed by atoms with Crippen molar-refractivity contribution in [2.24, 2.45) is 0 Å². The van der Waals surface area contributed by atoms with Crippen molar-refractivity contribution >= 4 is 17.5 Å². The number of rotatable bonds is 7. The first-order valence-electron chi connectivity index (χ1n) is 8.94. The summed E-state index contributed by atoms with van der Waals surface area (Å²) in [7, 11) is 1.60. The summed E-state index contributed by atoms with van der Waals surface area (Å²) in [6.07, 6.45) is 0.630. The monoisotopic (exact) mass is 398 g/mol. The van der Waals surface area contributed by atoms with Gasteiger partial charge < -0.3 is 15.4 Å². The Bertz CT molecular complexity index is 990. The molecule has 1 aromatic heterocycles. The van der Waals surface area contributed by atoms with Crippen molar-refractivity contribution in [3.63, 3.8) is 0 Å². The molecule has 8 heteroatoms. The van der Waals surface area contributed by atoms with Gasteiger partial charge in [-0.2, -0.15) is 0 Å². The average molecular weight is 398 g/mol. The lowest BCUT2D eigenvalue weighted by Crippen LogP contribution is -2.27. The maximum Gasteiger partial charge on any atom is 0.270 e. The van der Waals surface area contributed by atoms with Gasteiger partial charge in [-0.15, -0.1) is 0 Å². The van der Waals surface area contributed by atoms with Crippen molar-refractivity contribution in [2.75, 3.05) is 19.0 Å². The molecular weight excluding hydrogens is 378 g/mol. The van der Waals surface area contributed by atoms with Gasteiger partial charge in [0, 0.05) is 12.2 Å². The highest BCUT2D eigenvalue weighted by molar-refractivity contribution is 5.92. The van der Waals surface area contributed by atoms with E-state index in [1.54, 1.807) is 14.0 Å². The molecule has 3 aromatic rings. The van der Waals surface area contributed by atoms with Crippen LogP contribution in [0, 0.1) is 18.6 Å². The van der Waals surface area contributed by atoms with Gasteiger partial charge in [0.15, 0.2) is 0 Å². The van der Waals surface area contributed by atoms with Crippen LogP contribution in [0.5, 0.6) is 5.75 Å². The number of carbonyl (C=O) groups excluding carboxylic acids is 1.